The van der Waals surface area contributed by atoms with Gasteiger partial charge in [-0.1, -0.05) is 48.5 Å². The molecule has 1 atom stereocenters. The van der Waals surface area contributed by atoms with Crippen molar-refractivity contribution in [2.45, 2.75) is 58.7 Å². The van der Waals surface area contributed by atoms with Crippen molar-refractivity contribution in [1.29, 1.82) is 0 Å². The number of aryl methyl sites for hydroxylation is 1. The fourth-order valence-electron chi connectivity index (χ4n) is 4.83. The van der Waals surface area contributed by atoms with Crippen molar-refractivity contribution in [2.24, 2.45) is 5.92 Å². The number of ether oxygens (including phenoxy) is 1. The van der Waals surface area contributed by atoms with E-state index >= 15 is 4.39 Å². The molecule has 3 aromatic carbocycles. The minimum atomic E-state index is -0.602. The lowest BCUT2D eigenvalue weighted by atomic mass is 9.97. The van der Waals surface area contributed by atoms with Crippen LogP contribution in [0.4, 0.5) is 14.9 Å². The van der Waals surface area contributed by atoms with Gasteiger partial charge in [0.1, 0.15) is 17.1 Å². The summed E-state index contributed by atoms with van der Waals surface area (Å²) in [6.07, 6.45) is 1.92. The molecule has 2 amide bonds. The number of hydrogen-bond acceptors (Lipinski definition) is 5. The molecule has 0 saturated heterocycles. The van der Waals surface area contributed by atoms with Gasteiger partial charge in [-0.2, -0.15) is 5.10 Å². The van der Waals surface area contributed by atoms with Gasteiger partial charge in [-0.05, 0) is 100 Å². The fourth-order valence-corrected chi connectivity index (χ4v) is 4.83. The van der Waals surface area contributed by atoms with Gasteiger partial charge in [0.15, 0.2) is 0 Å². The van der Waals surface area contributed by atoms with Crippen molar-refractivity contribution in [3.8, 4) is 5.69 Å². The van der Waals surface area contributed by atoms with Gasteiger partial charge in [0.05, 0.1) is 23.1 Å². The fraction of sp³-hybridized carbons (Fsp3) is 0.324. The molecule has 8 nitrogen and oxygen atoms in total. The summed E-state index contributed by atoms with van der Waals surface area (Å²) in [4.78, 5) is 25.7. The zero-order chi connectivity index (χ0) is 30.6. The number of rotatable bonds is 10. The molecule has 4 aromatic rings. The van der Waals surface area contributed by atoms with E-state index in [1.165, 1.54) is 23.6 Å². The first-order chi connectivity index (χ1) is 20.6. The maximum absolute atomic E-state index is 15.1. The molecule has 0 spiro atoms. The van der Waals surface area contributed by atoms with E-state index < -0.39 is 23.4 Å². The van der Waals surface area contributed by atoms with E-state index in [4.69, 9.17) is 4.74 Å². The zero-order valence-corrected chi connectivity index (χ0v) is 25.0. The van der Waals surface area contributed by atoms with Crippen LogP contribution in [0.15, 0.2) is 78.9 Å². The second-order valence-electron chi connectivity index (χ2n) is 12.0. The van der Waals surface area contributed by atoms with Crippen molar-refractivity contribution in [1.82, 2.24) is 20.4 Å². The summed E-state index contributed by atoms with van der Waals surface area (Å²) in [6, 6.07) is 23.7. The van der Waals surface area contributed by atoms with Crippen molar-refractivity contribution >= 4 is 17.7 Å². The first kappa shape index (κ1) is 30.0. The monoisotopic (exact) mass is 583 g/mol. The first-order valence-corrected chi connectivity index (χ1v) is 14.6. The van der Waals surface area contributed by atoms with Gasteiger partial charge < -0.3 is 20.7 Å². The van der Waals surface area contributed by atoms with Crippen molar-refractivity contribution < 1.29 is 18.7 Å². The van der Waals surface area contributed by atoms with Crippen LogP contribution in [0.1, 0.15) is 72.5 Å². The molecule has 0 radical (unpaired) electrons. The molecule has 5 rings (SSSR count). The van der Waals surface area contributed by atoms with E-state index in [0.717, 1.165) is 23.2 Å². The number of alkyl carbamates (subject to hydrolysis) is 1. The van der Waals surface area contributed by atoms with Crippen molar-refractivity contribution in [3.05, 3.63) is 113 Å². The van der Waals surface area contributed by atoms with Crippen LogP contribution in [-0.4, -0.2) is 33.9 Å². The zero-order valence-electron chi connectivity index (χ0n) is 25.0. The number of amides is 2. The Morgan fingerprint density at radius 1 is 1.00 bits per heavy atom. The maximum atomic E-state index is 15.1. The number of carbonyl (C=O) groups is 2. The Hall–Kier alpha value is -4.50. The van der Waals surface area contributed by atoms with Gasteiger partial charge in [-0.15, -0.1) is 0 Å². The van der Waals surface area contributed by atoms with Gasteiger partial charge >= 0.3 is 6.09 Å². The normalized spacial score (nSPS) is 13.8. The van der Waals surface area contributed by atoms with Crippen LogP contribution < -0.4 is 16.0 Å². The summed E-state index contributed by atoms with van der Waals surface area (Å²) in [5.41, 5.74) is 3.74. The standard InChI is InChI=1S/C34H38FN5O3/c1-22-17-30(40(39-22)27-12-8-9-24(18-27)21-37-33(42)43-34(2,3)4)32(41)38-29-19-26(15-16-28(29)35)31(36-20-23-13-14-23)25-10-6-5-7-11-25/h5-12,15-19,23,31,36H,13-14,20-21H2,1-4H3,(H,37,42)(H,38,41). The molecule has 1 fully saturated rings. The van der Waals surface area contributed by atoms with Gasteiger partial charge in [0, 0.05) is 6.54 Å². The first-order valence-electron chi connectivity index (χ1n) is 14.6. The summed E-state index contributed by atoms with van der Waals surface area (Å²) in [5, 5.41) is 13.7. The average molecular weight is 584 g/mol. The summed E-state index contributed by atoms with van der Waals surface area (Å²) in [7, 11) is 0. The van der Waals surface area contributed by atoms with Crippen LogP contribution in [0, 0.1) is 18.7 Å². The molecule has 0 aliphatic heterocycles. The molecule has 0 bridgehead atoms. The van der Waals surface area contributed by atoms with E-state index in [0.29, 0.717) is 17.3 Å². The number of nitrogens with zero attached hydrogens (tertiary/aromatic N) is 2. The lowest BCUT2D eigenvalue weighted by Gasteiger charge is -2.21. The summed E-state index contributed by atoms with van der Waals surface area (Å²) >= 11 is 0. The van der Waals surface area contributed by atoms with Gasteiger partial charge in [-0.3, -0.25) is 4.79 Å². The van der Waals surface area contributed by atoms with Crippen molar-refractivity contribution in [2.75, 3.05) is 11.9 Å². The van der Waals surface area contributed by atoms with Crippen LogP contribution in [0.25, 0.3) is 5.69 Å². The van der Waals surface area contributed by atoms with E-state index in [2.05, 4.69) is 21.0 Å². The molecule has 1 saturated carbocycles. The molecule has 1 aliphatic rings. The van der Waals surface area contributed by atoms with Crippen LogP contribution in [0.2, 0.25) is 0 Å². The van der Waals surface area contributed by atoms with E-state index in [1.54, 1.807) is 45.9 Å². The molecule has 3 N–H and O–H groups in total. The molecule has 1 heterocycles. The highest BCUT2D eigenvalue weighted by atomic mass is 19.1. The second-order valence-corrected chi connectivity index (χ2v) is 12.0. The highest BCUT2D eigenvalue weighted by Crippen LogP contribution is 2.31. The molecular weight excluding hydrogens is 545 g/mol. The largest absolute Gasteiger partial charge is 0.444 e. The number of halogens is 1. The molecule has 1 unspecified atom stereocenters. The number of carbonyl (C=O) groups excluding carboxylic acids is 2. The van der Waals surface area contributed by atoms with Crippen molar-refractivity contribution in [3.63, 3.8) is 0 Å². The summed E-state index contributed by atoms with van der Waals surface area (Å²) < 4.78 is 21.9. The van der Waals surface area contributed by atoms with Gasteiger partial charge in [0.25, 0.3) is 5.91 Å². The maximum Gasteiger partial charge on any atom is 0.407 e. The number of anilines is 1. The molecule has 1 aromatic heterocycles. The Balaban J connectivity index is 1.35. The highest BCUT2D eigenvalue weighted by molar-refractivity contribution is 6.03. The molecule has 9 heteroatoms. The van der Waals surface area contributed by atoms with Crippen LogP contribution in [-0.2, 0) is 11.3 Å². The molecule has 224 valence electrons. The number of aromatic nitrogens is 2. The Labute approximate surface area is 251 Å². The second kappa shape index (κ2) is 12.8. The Kier molecular flexibility index (Phi) is 8.92. The van der Waals surface area contributed by atoms with Crippen LogP contribution in [0.5, 0.6) is 0 Å². The van der Waals surface area contributed by atoms with E-state index in [1.807, 2.05) is 54.6 Å². The Morgan fingerprint density at radius 3 is 2.49 bits per heavy atom. The summed E-state index contributed by atoms with van der Waals surface area (Å²) in [6.45, 7) is 8.31. The Bertz CT molecular complexity index is 1590. The molecule has 43 heavy (non-hydrogen) atoms. The number of benzene rings is 3. The summed E-state index contributed by atoms with van der Waals surface area (Å²) in [5.74, 6) is -0.346. The third-order valence-corrected chi connectivity index (χ3v) is 7.07. The number of hydrogen-bond donors (Lipinski definition) is 3. The Morgan fingerprint density at radius 2 is 1.77 bits per heavy atom. The molecule has 1 aliphatic carbocycles. The topological polar surface area (TPSA) is 97.3 Å². The predicted molar refractivity (Wildman–Crippen MR) is 165 cm³/mol. The SMILES string of the molecule is Cc1cc(C(=O)Nc2cc(C(NCC3CC3)c3ccccc3)ccc2F)n(-c2cccc(CNC(=O)OC(C)(C)C)c2)n1. The molecular formula is C34H38FN5O3. The lowest BCUT2D eigenvalue weighted by molar-refractivity contribution is 0.0523. The van der Waals surface area contributed by atoms with Gasteiger partial charge in [-0.25, -0.2) is 13.9 Å². The lowest BCUT2D eigenvalue weighted by Crippen LogP contribution is -2.32. The van der Waals surface area contributed by atoms with E-state index in [9.17, 15) is 9.59 Å². The quantitative estimate of drug-likeness (QED) is 0.193. The van der Waals surface area contributed by atoms with Gasteiger partial charge in [0.2, 0.25) is 0 Å². The highest BCUT2D eigenvalue weighted by Gasteiger charge is 2.24. The smallest absolute Gasteiger partial charge is 0.407 e. The van der Waals surface area contributed by atoms with Crippen LogP contribution >= 0.6 is 0 Å². The number of nitrogens with one attached hydrogen (secondary N) is 3. The minimum absolute atomic E-state index is 0.0948. The van der Waals surface area contributed by atoms with Crippen LogP contribution in [0.3, 0.4) is 0 Å². The predicted octanol–water partition coefficient (Wildman–Crippen LogP) is 6.69. The third kappa shape index (κ3) is 8.08. The average Bonchev–Trinajstić information content (AvgIpc) is 3.71. The van der Waals surface area contributed by atoms with E-state index in [-0.39, 0.29) is 24.0 Å². The minimum Gasteiger partial charge on any atom is -0.444 e. The third-order valence-electron chi connectivity index (χ3n) is 7.07.